The summed E-state index contributed by atoms with van der Waals surface area (Å²) in [4.78, 5) is 18.4. The summed E-state index contributed by atoms with van der Waals surface area (Å²) in [5.41, 5.74) is 2.77. The highest BCUT2D eigenvalue weighted by atomic mass is 16.7. The van der Waals surface area contributed by atoms with Crippen molar-refractivity contribution in [1.29, 1.82) is 0 Å². The smallest absolute Gasteiger partial charge is 0.347 e. The summed E-state index contributed by atoms with van der Waals surface area (Å²) in [6.45, 7) is 7.56. The van der Waals surface area contributed by atoms with Gasteiger partial charge in [-0.1, -0.05) is 0 Å². The first-order valence-electron chi connectivity index (χ1n) is 9.53. The number of aryl methyl sites for hydroxylation is 2. The Hall–Kier alpha value is -2.54. The van der Waals surface area contributed by atoms with Gasteiger partial charge >= 0.3 is 5.69 Å². The fraction of sp³-hybridized carbons (Fsp3) is 0.500. The first-order valence-corrected chi connectivity index (χ1v) is 9.53. The van der Waals surface area contributed by atoms with Gasteiger partial charge in [-0.15, -0.1) is 0 Å². The summed E-state index contributed by atoms with van der Waals surface area (Å²) < 4.78 is 12.6. The van der Waals surface area contributed by atoms with E-state index in [2.05, 4.69) is 27.3 Å². The number of hydrogen-bond acceptors (Lipinski definition) is 6. The normalized spacial score (nSPS) is 16.7. The van der Waals surface area contributed by atoms with E-state index in [9.17, 15) is 4.79 Å². The van der Waals surface area contributed by atoms with Crippen molar-refractivity contribution in [3.8, 4) is 11.5 Å². The average Bonchev–Trinajstić information content (AvgIpc) is 3.12. The molecule has 2 aliphatic heterocycles. The van der Waals surface area contributed by atoms with Crippen LogP contribution in [-0.4, -0.2) is 42.0 Å². The topological polar surface area (TPSA) is 68.6 Å². The van der Waals surface area contributed by atoms with Crippen LogP contribution in [0.15, 0.2) is 29.1 Å². The number of anilines is 1. The lowest BCUT2D eigenvalue weighted by Crippen LogP contribution is -2.44. The van der Waals surface area contributed by atoms with Crippen LogP contribution in [0.4, 0.5) is 5.69 Å². The summed E-state index contributed by atoms with van der Waals surface area (Å²) >= 11 is 0. The van der Waals surface area contributed by atoms with Crippen LogP contribution in [0.3, 0.4) is 0 Å². The van der Waals surface area contributed by atoms with Crippen molar-refractivity contribution in [2.45, 2.75) is 39.3 Å². The second kappa shape index (κ2) is 7.60. The summed E-state index contributed by atoms with van der Waals surface area (Å²) in [5.74, 6) is 1.66. The maximum Gasteiger partial charge on any atom is 0.347 e. The minimum absolute atomic E-state index is 0.160. The van der Waals surface area contributed by atoms with Crippen LogP contribution >= 0.6 is 0 Å². The molecule has 0 saturated carbocycles. The number of nitrogens with zero attached hydrogens (tertiary/aromatic N) is 3. The van der Waals surface area contributed by atoms with Gasteiger partial charge in [-0.25, -0.2) is 4.79 Å². The quantitative estimate of drug-likeness (QED) is 0.866. The van der Waals surface area contributed by atoms with Crippen LogP contribution in [0.5, 0.6) is 11.5 Å². The highest BCUT2D eigenvalue weighted by molar-refractivity contribution is 5.57. The number of rotatable bonds is 5. The SMILES string of the molecule is Cc1cc(C)n(CCNC2CCN(c3ccc4c(c3)OCO4)CC2)c(=O)n1. The van der Waals surface area contributed by atoms with Gasteiger partial charge in [-0.3, -0.25) is 4.57 Å². The summed E-state index contributed by atoms with van der Waals surface area (Å²) in [6.07, 6.45) is 2.16. The molecule has 1 saturated heterocycles. The van der Waals surface area contributed by atoms with E-state index < -0.39 is 0 Å². The summed E-state index contributed by atoms with van der Waals surface area (Å²) in [7, 11) is 0. The Morgan fingerprint density at radius 1 is 1.15 bits per heavy atom. The van der Waals surface area contributed by atoms with E-state index in [1.807, 2.05) is 26.0 Å². The Morgan fingerprint density at radius 3 is 2.70 bits per heavy atom. The van der Waals surface area contributed by atoms with Gasteiger partial charge in [0.15, 0.2) is 11.5 Å². The fourth-order valence-electron chi connectivity index (χ4n) is 3.85. The van der Waals surface area contributed by atoms with Gasteiger partial charge in [0.25, 0.3) is 0 Å². The van der Waals surface area contributed by atoms with Gasteiger partial charge in [0.2, 0.25) is 6.79 Å². The second-order valence-corrected chi connectivity index (χ2v) is 7.23. The van der Waals surface area contributed by atoms with Crippen molar-refractivity contribution in [3.63, 3.8) is 0 Å². The molecular formula is C20H26N4O3. The van der Waals surface area contributed by atoms with Crippen LogP contribution in [-0.2, 0) is 6.54 Å². The van der Waals surface area contributed by atoms with Gasteiger partial charge in [0.05, 0.1) is 0 Å². The molecule has 0 spiro atoms. The molecule has 0 amide bonds. The van der Waals surface area contributed by atoms with Gasteiger partial charge in [-0.05, 0) is 44.9 Å². The first kappa shape index (κ1) is 17.9. The lowest BCUT2D eigenvalue weighted by Gasteiger charge is -2.34. The van der Waals surface area contributed by atoms with Crippen LogP contribution in [0, 0.1) is 13.8 Å². The molecule has 144 valence electrons. The van der Waals surface area contributed by atoms with Crippen molar-refractivity contribution >= 4 is 5.69 Å². The molecule has 1 fully saturated rings. The molecule has 3 heterocycles. The third-order valence-corrected chi connectivity index (χ3v) is 5.33. The Bertz CT molecular complexity index is 872. The van der Waals surface area contributed by atoms with E-state index in [1.165, 1.54) is 5.69 Å². The van der Waals surface area contributed by atoms with Gasteiger partial charge in [-0.2, -0.15) is 4.98 Å². The molecule has 0 atom stereocenters. The molecule has 1 N–H and O–H groups in total. The molecule has 2 aromatic rings. The summed E-state index contributed by atoms with van der Waals surface area (Å²) in [5, 5.41) is 3.59. The van der Waals surface area contributed by atoms with E-state index in [0.717, 1.165) is 55.4 Å². The molecule has 1 aromatic carbocycles. The zero-order chi connectivity index (χ0) is 18.8. The molecule has 4 rings (SSSR count). The van der Waals surface area contributed by atoms with Crippen molar-refractivity contribution in [2.24, 2.45) is 0 Å². The predicted molar refractivity (Wildman–Crippen MR) is 104 cm³/mol. The monoisotopic (exact) mass is 370 g/mol. The van der Waals surface area contributed by atoms with Gasteiger partial charge in [0, 0.05) is 55.4 Å². The Labute approximate surface area is 158 Å². The van der Waals surface area contributed by atoms with Gasteiger partial charge < -0.3 is 19.7 Å². The highest BCUT2D eigenvalue weighted by Crippen LogP contribution is 2.36. The Balaban J connectivity index is 1.27. The van der Waals surface area contributed by atoms with Crippen LogP contribution in [0.2, 0.25) is 0 Å². The standard InChI is InChI=1S/C20H26N4O3/c1-14-11-15(2)24(20(25)22-14)10-7-21-16-5-8-23(9-6-16)17-3-4-18-19(12-17)27-13-26-18/h3-4,11-12,16,21H,5-10,13H2,1-2H3. The Kier molecular flexibility index (Phi) is 5.03. The van der Waals surface area contributed by atoms with Gasteiger partial charge in [0.1, 0.15) is 0 Å². The number of aromatic nitrogens is 2. The van der Waals surface area contributed by atoms with Crippen molar-refractivity contribution < 1.29 is 9.47 Å². The number of benzene rings is 1. The molecule has 0 radical (unpaired) electrons. The lowest BCUT2D eigenvalue weighted by atomic mass is 10.0. The van der Waals surface area contributed by atoms with E-state index in [-0.39, 0.29) is 5.69 Å². The molecule has 27 heavy (non-hydrogen) atoms. The molecule has 0 bridgehead atoms. The maximum absolute atomic E-state index is 12.0. The third-order valence-electron chi connectivity index (χ3n) is 5.33. The maximum atomic E-state index is 12.0. The third kappa shape index (κ3) is 3.93. The van der Waals surface area contributed by atoms with Crippen molar-refractivity contribution in [3.05, 3.63) is 46.1 Å². The average molecular weight is 370 g/mol. The van der Waals surface area contributed by atoms with Crippen LogP contribution in [0.1, 0.15) is 24.2 Å². The molecule has 0 unspecified atom stereocenters. The molecule has 0 aliphatic carbocycles. The van der Waals surface area contributed by atoms with Crippen LogP contribution in [0.25, 0.3) is 0 Å². The zero-order valence-corrected chi connectivity index (χ0v) is 15.9. The minimum atomic E-state index is -0.160. The Morgan fingerprint density at radius 2 is 1.93 bits per heavy atom. The summed E-state index contributed by atoms with van der Waals surface area (Å²) in [6, 6.07) is 8.57. The molecule has 7 nitrogen and oxygen atoms in total. The van der Waals surface area contributed by atoms with Crippen LogP contribution < -0.4 is 25.4 Å². The highest BCUT2D eigenvalue weighted by Gasteiger charge is 2.21. The minimum Gasteiger partial charge on any atom is -0.454 e. The molecular weight excluding hydrogens is 344 g/mol. The molecule has 2 aliphatic rings. The largest absolute Gasteiger partial charge is 0.454 e. The fourth-order valence-corrected chi connectivity index (χ4v) is 3.85. The molecule has 7 heteroatoms. The number of fused-ring (bicyclic) bond motifs is 1. The van der Waals surface area contributed by atoms with E-state index >= 15 is 0 Å². The molecule has 1 aromatic heterocycles. The number of ether oxygens (including phenoxy) is 2. The first-order chi connectivity index (χ1) is 13.1. The number of hydrogen-bond donors (Lipinski definition) is 1. The number of nitrogens with one attached hydrogen (secondary N) is 1. The van der Waals surface area contributed by atoms with E-state index in [0.29, 0.717) is 19.4 Å². The second-order valence-electron chi connectivity index (χ2n) is 7.23. The van der Waals surface area contributed by atoms with E-state index in [1.54, 1.807) is 4.57 Å². The lowest BCUT2D eigenvalue weighted by molar-refractivity contribution is 0.174. The zero-order valence-electron chi connectivity index (χ0n) is 15.9. The number of piperidine rings is 1. The van der Waals surface area contributed by atoms with Crippen molar-refractivity contribution in [2.75, 3.05) is 31.3 Å². The van der Waals surface area contributed by atoms with Crippen molar-refractivity contribution in [1.82, 2.24) is 14.9 Å². The van der Waals surface area contributed by atoms with E-state index in [4.69, 9.17) is 9.47 Å². The predicted octanol–water partition coefficient (Wildman–Crippen LogP) is 1.85.